The molecule has 3 atom stereocenters. The third kappa shape index (κ3) is 6.82. The molecule has 0 aliphatic rings. The highest BCUT2D eigenvalue weighted by Gasteiger charge is 2.30. The summed E-state index contributed by atoms with van der Waals surface area (Å²) in [6.45, 7) is 3.41. The average molecular weight is 304 g/mol. The SMILES string of the molecule is CCC(C)C(NC(C)=O)C(=O)NC(CC(=O)O)C(=O)CF. The molecule has 0 saturated heterocycles. The van der Waals surface area contributed by atoms with Gasteiger partial charge in [0.2, 0.25) is 11.8 Å². The number of alkyl halides is 1. The zero-order valence-electron chi connectivity index (χ0n) is 12.3. The number of carbonyl (C=O) groups is 4. The molecule has 3 unspecified atom stereocenters. The maximum Gasteiger partial charge on any atom is 0.305 e. The molecule has 0 aromatic rings. The van der Waals surface area contributed by atoms with E-state index in [1.165, 1.54) is 6.92 Å². The van der Waals surface area contributed by atoms with Crippen LogP contribution in [0, 0.1) is 5.92 Å². The van der Waals surface area contributed by atoms with Gasteiger partial charge in [0.1, 0.15) is 18.8 Å². The highest BCUT2D eigenvalue weighted by Crippen LogP contribution is 2.09. The van der Waals surface area contributed by atoms with Crippen LogP contribution in [-0.2, 0) is 19.2 Å². The first kappa shape index (κ1) is 19.0. The van der Waals surface area contributed by atoms with Crippen LogP contribution in [0.3, 0.4) is 0 Å². The Morgan fingerprint density at radius 3 is 2.14 bits per heavy atom. The number of aliphatic carboxylic acids is 1. The van der Waals surface area contributed by atoms with Gasteiger partial charge in [0, 0.05) is 6.92 Å². The van der Waals surface area contributed by atoms with Gasteiger partial charge in [-0.05, 0) is 5.92 Å². The van der Waals surface area contributed by atoms with Crippen LogP contribution in [0.4, 0.5) is 4.39 Å². The first-order valence-corrected chi connectivity index (χ1v) is 6.60. The number of nitrogens with one attached hydrogen (secondary N) is 2. The van der Waals surface area contributed by atoms with E-state index in [1.54, 1.807) is 6.92 Å². The van der Waals surface area contributed by atoms with E-state index >= 15 is 0 Å². The van der Waals surface area contributed by atoms with Crippen LogP contribution in [0.15, 0.2) is 0 Å². The summed E-state index contributed by atoms with van der Waals surface area (Å²) in [6.07, 6.45) is -0.124. The van der Waals surface area contributed by atoms with Crippen LogP contribution in [0.5, 0.6) is 0 Å². The van der Waals surface area contributed by atoms with Crippen LogP contribution in [0.1, 0.15) is 33.6 Å². The van der Waals surface area contributed by atoms with Gasteiger partial charge in [-0.2, -0.15) is 0 Å². The highest BCUT2D eigenvalue weighted by atomic mass is 19.1. The second-order valence-corrected chi connectivity index (χ2v) is 4.82. The smallest absolute Gasteiger partial charge is 0.305 e. The normalized spacial score (nSPS) is 14.7. The van der Waals surface area contributed by atoms with E-state index in [0.29, 0.717) is 6.42 Å². The number of carboxylic acid groups (broad SMARTS) is 1. The molecular formula is C13H21FN2O5. The van der Waals surface area contributed by atoms with Gasteiger partial charge in [-0.15, -0.1) is 0 Å². The molecule has 8 heteroatoms. The Labute approximate surface area is 122 Å². The van der Waals surface area contributed by atoms with Crippen molar-refractivity contribution in [3.63, 3.8) is 0 Å². The molecule has 0 rings (SSSR count). The third-order valence-electron chi connectivity index (χ3n) is 3.07. The highest BCUT2D eigenvalue weighted by molar-refractivity contribution is 5.95. The van der Waals surface area contributed by atoms with Crippen molar-refractivity contribution in [2.45, 2.75) is 45.7 Å². The van der Waals surface area contributed by atoms with Crippen molar-refractivity contribution in [3.8, 4) is 0 Å². The Balaban J connectivity index is 5.00. The maximum absolute atomic E-state index is 12.4. The van der Waals surface area contributed by atoms with Gasteiger partial charge in [-0.3, -0.25) is 19.2 Å². The fourth-order valence-electron chi connectivity index (χ4n) is 1.70. The summed E-state index contributed by atoms with van der Waals surface area (Å²) >= 11 is 0. The van der Waals surface area contributed by atoms with Crippen LogP contribution in [0.25, 0.3) is 0 Å². The summed E-state index contributed by atoms with van der Waals surface area (Å²) in [6, 6.07) is -2.35. The number of rotatable bonds is 9. The molecule has 0 spiro atoms. The van der Waals surface area contributed by atoms with Crippen molar-refractivity contribution < 1.29 is 28.7 Å². The zero-order valence-corrected chi connectivity index (χ0v) is 12.3. The molecule has 0 radical (unpaired) electrons. The molecule has 120 valence electrons. The van der Waals surface area contributed by atoms with Crippen molar-refractivity contribution in [1.82, 2.24) is 10.6 Å². The van der Waals surface area contributed by atoms with Crippen LogP contribution in [0.2, 0.25) is 0 Å². The average Bonchev–Trinajstić information content (AvgIpc) is 2.41. The number of ketones is 1. The minimum absolute atomic E-state index is 0.222. The number of amides is 2. The van der Waals surface area contributed by atoms with Crippen LogP contribution >= 0.6 is 0 Å². The van der Waals surface area contributed by atoms with Crippen LogP contribution < -0.4 is 10.6 Å². The van der Waals surface area contributed by atoms with Crippen molar-refractivity contribution in [2.75, 3.05) is 6.67 Å². The number of Topliss-reactive ketones (excluding diaryl/α,β-unsaturated/α-hetero) is 1. The Kier molecular flexibility index (Phi) is 8.18. The van der Waals surface area contributed by atoms with E-state index in [0.717, 1.165) is 0 Å². The molecule has 3 N–H and O–H groups in total. The van der Waals surface area contributed by atoms with Crippen molar-refractivity contribution in [2.24, 2.45) is 5.92 Å². The number of hydrogen-bond donors (Lipinski definition) is 3. The third-order valence-corrected chi connectivity index (χ3v) is 3.07. The molecule has 0 fully saturated rings. The van der Waals surface area contributed by atoms with Gasteiger partial charge in [-0.25, -0.2) is 4.39 Å². The number of halogens is 1. The predicted octanol–water partition coefficient (Wildman–Crippen LogP) is 0.0353. The fourth-order valence-corrected chi connectivity index (χ4v) is 1.70. The summed E-state index contributed by atoms with van der Waals surface area (Å²) < 4.78 is 12.4. The lowest BCUT2D eigenvalue weighted by molar-refractivity contribution is -0.140. The minimum Gasteiger partial charge on any atom is -0.481 e. The summed E-state index contributed by atoms with van der Waals surface area (Å²) in [5.74, 6) is -3.70. The standard InChI is InChI=1S/C13H21FN2O5/c1-4-7(2)12(15-8(3)17)13(21)16-9(5-11(19)20)10(18)6-14/h7,9,12H,4-6H2,1-3H3,(H,15,17)(H,16,21)(H,19,20). The maximum atomic E-state index is 12.4. The molecule has 0 saturated carbocycles. The number of hydrogen-bond acceptors (Lipinski definition) is 4. The van der Waals surface area contributed by atoms with Gasteiger partial charge in [0.25, 0.3) is 0 Å². The molecule has 0 bridgehead atoms. The topological polar surface area (TPSA) is 113 Å². The summed E-state index contributed by atoms with van der Waals surface area (Å²) in [4.78, 5) is 45.2. The van der Waals surface area contributed by atoms with Crippen molar-refractivity contribution in [3.05, 3.63) is 0 Å². The first-order chi connectivity index (χ1) is 9.72. The fraction of sp³-hybridized carbons (Fsp3) is 0.692. The van der Waals surface area contributed by atoms with Gasteiger partial charge >= 0.3 is 5.97 Å². The summed E-state index contributed by atoms with van der Waals surface area (Å²) in [7, 11) is 0. The Hall–Kier alpha value is -1.99. The summed E-state index contributed by atoms with van der Waals surface area (Å²) in [5, 5.41) is 13.3. The molecule has 21 heavy (non-hydrogen) atoms. The second kappa shape index (κ2) is 9.04. The van der Waals surface area contributed by atoms with E-state index in [-0.39, 0.29) is 5.92 Å². The lowest BCUT2D eigenvalue weighted by Crippen LogP contribution is -2.54. The first-order valence-electron chi connectivity index (χ1n) is 6.60. The summed E-state index contributed by atoms with van der Waals surface area (Å²) in [5.41, 5.74) is 0. The molecule has 0 aromatic heterocycles. The van der Waals surface area contributed by atoms with Gasteiger partial charge in [0.15, 0.2) is 5.78 Å². The molecule has 0 heterocycles. The zero-order chi connectivity index (χ0) is 16.6. The number of carboxylic acids is 1. The molecule has 2 amide bonds. The van der Waals surface area contributed by atoms with Gasteiger partial charge < -0.3 is 15.7 Å². The van der Waals surface area contributed by atoms with E-state index in [1.807, 2.05) is 6.92 Å². The van der Waals surface area contributed by atoms with Crippen molar-refractivity contribution >= 4 is 23.6 Å². The van der Waals surface area contributed by atoms with E-state index in [4.69, 9.17) is 5.11 Å². The minimum atomic E-state index is -1.44. The van der Waals surface area contributed by atoms with Gasteiger partial charge in [0.05, 0.1) is 6.42 Å². The van der Waals surface area contributed by atoms with Crippen LogP contribution in [-0.4, -0.2) is 47.4 Å². The second-order valence-electron chi connectivity index (χ2n) is 4.82. The Morgan fingerprint density at radius 1 is 1.19 bits per heavy atom. The molecular weight excluding hydrogens is 283 g/mol. The molecule has 7 nitrogen and oxygen atoms in total. The number of carbonyl (C=O) groups excluding carboxylic acids is 3. The lowest BCUT2D eigenvalue weighted by atomic mass is 9.97. The predicted molar refractivity (Wildman–Crippen MR) is 72.2 cm³/mol. The van der Waals surface area contributed by atoms with E-state index < -0.39 is 48.7 Å². The van der Waals surface area contributed by atoms with Crippen molar-refractivity contribution in [1.29, 1.82) is 0 Å². The molecule has 0 aliphatic heterocycles. The lowest BCUT2D eigenvalue weighted by Gasteiger charge is -2.25. The Bertz CT molecular complexity index is 413. The molecule has 0 aliphatic carbocycles. The van der Waals surface area contributed by atoms with Gasteiger partial charge in [-0.1, -0.05) is 20.3 Å². The molecule has 0 aromatic carbocycles. The van der Waals surface area contributed by atoms with E-state index in [9.17, 15) is 23.6 Å². The largest absolute Gasteiger partial charge is 0.481 e. The Morgan fingerprint density at radius 2 is 1.76 bits per heavy atom. The van der Waals surface area contributed by atoms with E-state index in [2.05, 4.69) is 10.6 Å². The quantitative estimate of drug-likeness (QED) is 0.556. The monoisotopic (exact) mass is 304 g/mol.